The van der Waals surface area contributed by atoms with E-state index in [-0.39, 0.29) is 44.6 Å². The van der Waals surface area contributed by atoms with Gasteiger partial charge in [0.25, 0.3) is 0 Å². The topological polar surface area (TPSA) is 276 Å². The van der Waals surface area contributed by atoms with Crippen LogP contribution < -0.4 is 27.0 Å². The van der Waals surface area contributed by atoms with Crippen molar-refractivity contribution < 1.29 is 57.7 Å². The van der Waals surface area contributed by atoms with Crippen LogP contribution in [0.2, 0.25) is 0 Å². The molecule has 0 bridgehead atoms. The summed E-state index contributed by atoms with van der Waals surface area (Å²) in [5.74, 6) is -5.85. The third-order valence-electron chi connectivity index (χ3n) is 13.2. The zero-order valence-corrected chi connectivity index (χ0v) is 44.4. The summed E-state index contributed by atoms with van der Waals surface area (Å²) >= 11 is 0. The van der Waals surface area contributed by atoms with Crippen LogP contribution in [0.1, 0.15) is 89.8 Å². The Morgan fingerprint density at radius 2 is 1.28 bits per heavy atom. The Morgan fingerprint density at radius 3 is 1.83 bits per heavy atom. The van der Waals surface area contributed by atoms with Crippen molar-refractivity contribution in [1.82, 2.24) is 36.0 Å². The van der Waals surface area contributed by atoms with Gasteiger partial charge in [-0.05, 0) is 67.6 Å². The molecule has 8 amide bonds. The summed E-state index contributed by atoms with van der Waals surface area (Å²) in [6.45, 7) is 8.78. The predicted molar refractivity (Wildman–Crippen MR) is 279 cm³/mol. The quantitative estimate of drug-likeness (QED) is 0.0602. The minimum absolute atomic E-state index is 0.0165. The van der Waals surface area contributed by atoms with E-state index in [9.17, 15) is 48.3 Å². The number of hydrogen-bond donors (Lipinski definition) is 6. The number of alkyl carbamates (subject to hydrolysis) is 1. The maximum atomic E-state index is 14.3. The molecule has 7 N–H and O–H groups in total. The maximum absolute atomic E-state index is 14.3. The Morgan fingerprint density at radius 1 is 0.720 bits per heavy atom. The predicted octanol–water partition coefficient (Wildman–Crippen LogP) is 2.78. The van der Waals surface area contributed by atoms with Crippen molar-refractivity contribution in [2.24, 2.45) is 17.6 Å². The van der Waals surface area contributed by atoms with Gasteiger partial charge in [-0.25, -0.2) is 9.59 Å². The number of benzene rings is 3. The van der Waals surface area contributed by atoms with Crippen molar-refractivity contribution in [3.63, 3.8) is 0 Å². The fraction of sp³-hybridized carbons (Fsp3) is 0.509. The number of nitrogens with two attached hydrogens (primary N) is 1. The fourth-order valence-corrected chi connectivity index (χ4v) is 8.94. The molecule has 75 heavy (non-hydrogen) atoms. The highest BCUT2D eigenvalue weighted by molar-refractivity contribution is 5.95. The Kier molecular flexibility index (Phi) is 23.7. The van der Waals surface area contributed by atoms with Gasteiger partial charge in [0, 0.05) is 33.5 Å². The van der Waals surface area contributed by atoms with Crippen molar-refractivity contribution in [2.45, 2.75) is 141 Å². The molecule has 3 aromatic carbocycles. The minimum atomic E-state index is -1.57. The summed E-state index contributed by atoms with van der Waals surface area (Å²) in [5.41, 5.74) is 7.67. The zero-order chi connectivity index (χ0) is 55.4. The SMILES string of the molecule is COC(=O)[C@@H]1CCCN1C(=O)[C@@H](Cc1ccccc1)N(C)C(=O)[C@H](C)NC(=O)[C@H](CC(C)C)NC(=O)C[C@H](O)[C@H](Cc1ccccc1)NC(=O)[C@H](CCC(N)=O)N(C)C(=O)[C@@H](NC(=O)OCc1ccccc1)C(C)C. The van der Waals surface area contributed by atoms with Crippen molar-refractivity contribution in [2.75, 3.05) is 27.7 Å². The first kappa shape index (κ1) is 60.2. The number of hydrogen-bond acceptors (Lipinski definition) is 12. The third kappa shape index (κ3) is 18.5. The van der Waals surface area contributed by atoms with Gasteiger partial charge in [-0.15, -0.1) is 0 Å². The van der Waals surface area contributed by atoms with Gasteiger partial charge in [-0.1, -0.05) is 119 Å². The molecule has 20 nitrogen and oxygen atoms in total. The van der Waals surface area contributed by atoms with E-state index in [1.165, 1.54) is 37.9 Å². The molecule has 20 heteroatoms. The van der Waals surface area contributed by atoms with Gasteiger partial charge in [0.05, 0.1) is 25.7 Å². The lowest BCUT2D eigenvalue weighted by molar-refractivity contribution is -0.154. The van der Waals surface area contributed by atoms with E-state index in [0.29, 0.717) is 24.9 Å². The molecule has 0 unspecified atom stereocenters. The van der Waals surface area contributed by atoms with Gasteiger partial charge >= 0.3 is 12.1 Å². The molecular weight excluding hydrogens is 965 g/mol. The first-order valence-electron chi connectivity index (χ1n) is 25.4. The Labute approximate surface area is 439 Å². The van der Waals surface area contributed by atoms with Crippen LogP contribution >= 0.6 is 0 Å². The minimum Gasteiger partial charge on any atom is -0.467 e. The second-order valence-electron chi connectivity index (χ2n) is 19.8. The molecule has 0 aliphatic carbocycles. The highest BCUT2D eigenvalue weighted by atomic mass is 16.5. The van der Waals surface area contributed by atoms with Gasteiger partial charge in [0.15, 0.2) is 0 Å². The summed E-state index contributed by atoms with van der Waals surface area (Å²) in [5, 5.41) is 22.6. The normalized spacial score (nSPS) is 16.0. The molecule has 0 spiro atoms. The maximum Gasteiger partial charge on any atom is 0.408 e. The van der Waals surface area contributed by atoms with Crippen LogP contribution in [0.15, 0.2) is 91.0 Å². The Hall–Kier alpha value is -7.35. The number of primary amides is 1. The molecule has 0 aromatic heterocycles. The first-order valence-corrected chi connectivity index (χ1v) is 25.4. The molecule has 1 saturated heterocycles. The second-order valence-corrected chi connectivity index (χ2v) is 19.8. The highest BCUT2D eigenvalue weighted by Gasteiger charge is 2.41. The molecule has 1 aliphatic heterocycles. The van der Waals surface area contributed by atoms with E-state index < -0.39 is 114 Å². The van der Waals surface area contributed by atoms with E-state index in [1.54, 1.807) is 68.4 Å². The number of ether oxygens (including phenoxy) is 2. The molecule has 408 valence electrons. The first-order chi connectivity index (χ1) is 35.6. The molecule has 1 aliphatic rings. The van der Waals surface area contributed by atoms with E-state index >= 15 is 0 Å². The molecular formula is C55H76N8O12. The molecule has 1 heterocycles. The molecule has 0 radical (unpaired) electrons. The van der Waals surface area contributed by atoms with Crippen LogP contribution in [0.3, 0.4) is 0 Å². The number of aliphatic hydroxyl groups is 1. The summed E-state index contributed by atoms with van der Waals surface area (Å²) in [4.78, 5) is 126. The fourth-order valence-electron chi connectivity index (χ4n) is 8.94. The van der Waals surface area contributed by atoms with Gasteiger partial charge < -0.3 is 56.3 Å². The van der Waals surface area contributed by atoms with Crippen LogP contribution in [-0.4, -0.2) is 149 Å². The molecule has 8 atom stereocenters. The number of nitrogens with one attached hydrogen (secondary N) is 4. The third-order valence-corrected chi connectivity index (χ3v) is 13.2. The number of methoxy groups -OCH3 is 1. The number of carbonyl (C=O) groups excluding carboxylic acids is 9. The number of amides is 8. The average molecular weight is 1040 g/mol. The summed E-state index contributed by atoms with van der Waals surface area (Å²) in [6, 6.07) is 19.0. The lowest BCUT2D eigenvalue weighted by Crippen LogP contribution is -2.58. The van der Waals surface area contributed by atoms with Crippen LogP contribution in [0.5, 0.6) is 0 Å². The molecule has 1 fully saturated rings. The van der Waals surface area contributed by atoms with Crippen LogP contribution in [0, 0.1) is 11.8 Å². The van der Waals surface area contributed by atoms with E-state index in [0.717, 1.165) is 16.0 Å². The van der Waals surface area contributed by atoms with Crippen molar-refractivity contribution in [3.05, 3.63) is 108 Å². The lowest BCUT2D eigenvalue weighted by Gasteiger charge is -2.34. The number of rotatable bonds is 27. The summed E-state index contributed by atoms with van der Waals surface area (Å²) in [6.07, 6.45) is -2.30. The zero-order valence-electron chi connectivity index (χ0n) is 44.4. The number of carbonyl (C=O) groups is 9. The van der Waals surface area contributed by atoms with E-state index in [2.05, 4.69) is 21.3 Å². The van der Waals surface area contributed by atoms with E-state index in [4.69, 9.17) is 15.2 Å². The smallest absolute Gasteiger partial charge is 0.408 e. The molecule has 4 rings (SSSR count). The lowest BCUT2D eigenvalue weighted by atomic mass is 9.97. The average Bonchev–Trinajstić information content (AvgIpc) is 3.88. The number of likely N-dealkylation sites (N-methyl/N-ethyl adjacent to an activating group) is 2. The largest absolute Gasteiger partial charge is 0.467 e. The van der Waals surface area contributed by atoms with Crippen molar-refractivity contribution in [3.8, 4) is 0 Å². The summed E-state index contributed by atoms with van der Waals surface area (Å²) in [7, 11) is 4.06. The van der Waals surface area contributed by atoms with Gasteiger partial charge in [0.2, 0.25) is 41.4 Å². The monoisotopic (exact) mass is 1040 g/mol. The Bertz CT molecular complexity index is 2390. The highest BCUT2D eigenvalue weighted by Crippen LogP contribution is 2.23. The number of likely N-dealkylation sites (tertiary alicyclic amines) is 1. The van der Waals surface area contributed by atoms with Crippen LogP contribution in [0.4, 0.5) is 4.79 Å². The standard InChI is InChI=1S/C55H76N8O12/c1-34(2)29-41(49(67)57-36(5)51(69)62(7)44(31-38-21-14-10-15-22-38)52(70)63-28-18-25-43(63)54(72)74-8)58-47(66)32-45(64)40(30-37-19-12-9-13-20-37)59-50(68)42(26-27-46(56)65)61(6)53(71)48(35(3)4)60-55(73)75-33-39-23-16-11-17-24-39/h9-17,19-24,34-36,40-45,48,64H,18,25-33H2,1-8H3,(H2,56,65)(H,57,67)(H,58,66)(H,59,68)(H,60,73)/t36-,40-,41-,42-,43-,44+,45-,48-/m0/s1. The molecule has 3 aromatic rings. The number of nitrogens with zero attached hydrogens (tertiary/aromatic N) is 3. The second kappa shape index (κ2) is 29.5. The molecule has 0 saturated carbocycles. The number of aliphatic hydroxyl groups excluding tert-OH is 1. The van der Waals surface area contributed by atoms with Crippen LogP contribution in [0.25, 0.3) is 0 Å². The van der Waals surface area contributed by atoms with Crippen molar-refractivity contribution >= 4 is 53.4 Å². The summed E-state index contributed by atoms with van der Waals surface area (Å²) < 4.78 is 10.3. The van der Waals surface area contributed by atoms with Gasteiger partial charge in [0.1, 0.15) is 42.9 Å². The van der Waals surface area contributed by atoms with Crippen molar-refractivity contribution in [1.29, 1.82) is 0 Å². The van der Waals surface area contributed by atoms with Crippen LogP contribution in [-0.2, 0) is 67.3 Å². The van der Waals surface area contributed by atoms with Gasteiger partial charge in [-0.3, -0.25) is 33.6 Å². The Balaban J connectivity index is 1.50. The van der Waals surface area contributed by atoms with Gasteiger partial charge in [-0.2, -0.15) is 0 Å². The van der Waals surface area contributed by atoms with E-state index in [1.807, 2.05) is 50.2 Å². The number of esters is 1.